The van der Waals surface area contributed by atoms with E-state index in [1.165, 1.54) is 32.1 Å². The van der Waals surface area contributed by atoms with Crippen molar-refractivity contribution in [1.82, 2.24) is 20.4 Å². The molecule has 0 radical (unpaired) electrons. The second-order valence-electron chi connectivity index (χ2n) is 7.63. The zero-order valence-electron chi connectivity index (χ0n) is 15.0. The first-order chi connectivity index (χ1) is 11.6. The lowest BCUT2D eigenvalue weighted by Gasteiger charge is -2.42. The summed E-state index contributed by atoms with van der Waals surface area (Å²) in [6.45, 7) is 6.55. The fraction of sp³-hybridized carbons (Fsp3) is 0.833. The third-order valence-corrected chi connectivity index (χ3v) is 5.75. The van der Waals surface area contributed by atoms with Crippen LogP contribution in [0.15, 0.2) is 4.52 Å². The van der Waals surface area contributed by atoms with Crippen LogP contribution in [0.2, 0.25) is 0 Å². The maximum absolute atomic E-state index is 12.4. The molecule has 0 atom stereocenters. The van der Waals surface area contributed by atoms with Crippen LogP contribution < -0.4 is 5.32 Å². The second kappa shape index (κ2) is 7.53. The van der Waals surface area contributed by atoms with Crippen molar-refractivity contribution >= 4 is 6.03 Å². The fourth-order valence-electron chi connectivity index (χ4n) is 4.12. The van der Waals surface area contributed by atoms with E-state index in [2.05, 4.69) is 22.4 Å². The van der Waals surface area contributed by atoms with Gasteiger partial charge in [0.25, 0.3) is 0 Å². The van der Waals surface area contributed by atoms with Gasteiger partial charge in [0.2, 0.25) is 5.89 Å². The Hall–Kier alpha value is -1.59. The van der Waals surface area contributed by atoms with Crippen molar-refractivity contribution in [2.45, 2.75) is 65.2 Å². The first-order valence-corrected chi connectivity index (χ1v) is 9.42. The highest BCUT2D eigenvalue weighted by atomic mass is 16.5. The largest absolute Gasteiger partial charge is 0.340 e. The molecule has 1 N–H and O–H groups in total. The Morgan fingerprint density at radius 1 is 1.38 bits per heavy atom. The van der Waals surface area contributed by atoms with Gasteiger partial charge in [-0.05, 0) is 43.4 Å². The number of rotatable bonds is 6. The summed E-state index contributed by atoms with van der Waals surface area (Å²) >= 11 is 0. The van der Waals surface area contributed by atoms with Crippen LogP contribution in [-0.4, -0.2) is 40.7 Å². The summed E-state index contributed by atoms with van der Waals surface area (Å²) in [6, 6.07) is 0.117. The van der Waals surface area contributed by atoms with E-state index in [1.807, 2.05) is 11.8 Å². The first kappa shape index (κ1) is 17.2. The molecule has 134 valence electrons. The predicted molar refractivity (Wildman–Crippen MR) is 91.6 cm³/mol. The molecule has 3 rings (SSSR count). The third-order valence-electron chi connectivity index (χ3n) is 5.75. The van der Waals surface area contributed by atoms with E-state index in [4.69, 9.17) is 4.52 Å². The summed E-state index contributed by atoms with van der Waals surface area (Å²) in [6.07, 6.45) is 9.18. The Labute approximate surface area is 144 Å². The van der Waals surface area contributed by atoms with Crippen LogP contribution in [0.4, 0.5) is 4.79 Å². The molecule has 1 saturated heterocycles. The summed E-state index contributed by atoms with van der Waals surface area (Å²) in [5, 5.41) is 7.17. The minimum atomic E-state index is 0.117. The molecule has 0 spiro atoms. The fourth-order valence-corrected chi connectivity index (χ4v) is 4.12. The molecule has 1 aromatic heterocycles. The maximum atomic E-state index is 12.4. The molecule has 24 heavy (non-hydrogen) atoms. The SMILES string of the molecule is CCCC1(CNC(=O)N2CCC(Cc3noc(C)n3)CC2)CCC1. The number of piperidine rings is 1. The van der Waals surface area contributed by atoms with Crippen LogP contribution in [-0.2, 0) is 6.42 Å². The lowest BCUT2D eigenvalue weighted by Crippen LogP contribution is -2.49. The van der Waals surface area contributed by atoms with Gasteiger partial charge >= 0.3 is 6.03 Å². The van der Waals surface area contributed by atoms with Gasteiger partial charge in [0.15, 0.2) is 5.82 Å². The van der Waals surface area contributed by atoms with E-state index >= 15 is 0 Å². The first-order valence-electron chi connectivity index (χ1n) is 9.42. The van der Waals surface area contributed by atoms with Gasteiger partial charge < -0.3 is 14.7 Å². The van der Waals surface area contributed by atoms with Crippen molar-refractivity contribution in [3.05, 3.63) is 11.7 Å². The highest BCUT2D eigenvalue weighted by Crippen LogP contribution is 2.44. The van der Waals surface area contributed by atoms with E-state index in [-0.39, 0.29) is 6.03 Å². The Morgan fingerprint density at radius 2 is 2.12 bits per heavy atom. The summed E-state index contributed by atoms with van der Waals surface area (Å²) in [5.41, 5.74) is 0.388. The quantitative estimate of drug-likeness (QED) is 0.866. The Bertz CT molecular complexity index is 545. The van der Waals surface area contributed by atoms with Crippen LogP contribution in [0, 0.1) is 18.3 Å². The monoisotopic (exact) mass is 334 g/mol. The van der Waals surface area contributed by atoms with E-state index in [9.17, 15) is 4.79 Å². The predicted octanol–water partition coefficient (Wildman–Crippen LogP) is 3.31. The van der Waals surface area contributed by atoms with Crippen LogP contribution in [0.5, 0.6) is 0 Å². The average molecular weight is 334 g/mol. The van der Waals surface area contributed by atoms with Gasteiger partial charge in [-0.1, -0.05) is 24.9 Å². The Morgan fingerprint density at radius 3 is 2.67 bits per heavy atom. The summed E-state index contributed by atoms with van der Waals surface area (Å²) in [5.74, 6) is 1.96. The van der Waals surface area contributed by atoms with Gasteiger partial charge in [0.05, 0.1) is 0 Å². The molecule has 0 bridgehead atoms. The van der Waals surface area contributed by atoms with Crippen molar-refractivity contribution in [2.24, 2.45) is 11.3 Å². The molecule has 2 aliphatic rings. The molecule has 0 unspecified atom stereocenters. The average Bonchev–Trinajstić information content (AvgIpc) is 2.95. The van der Waals surface area contributed by atoms with Gasteiger partial charge in [0.1, 0.15) is 0 Å². The van der Waals surface area contributed by atoms with E-state index in [1.54, 1.807) is 0 Å². The molecular formula is C18H30N4O2. The third kappa shape index (κ3) is 4.08. The van der Waals surface area contributed by atoms with Gasteiger partial charge in [-0.25, -0.2) is 4.79 Å². The van der Waals surface area contributed by atoms with Crippen molar-refractivity contribution in [2.75, 3.05) is 19.6 Å². The molecule has 1 aromatic rings. The van der Waals surface area contributed by atoms with E-state index in [0.717, 1.165) is 44.7 Å². The lowest BCUT2D eigenvalue weighted by molar-refractivity contribution is 0.110. The zero-order chi connectivity index (χ0) is 17.0. The molecule has 6 heteroatoms. The second-order valence-corrected chi connectivity index (χ2v) is 7.63. The van der Waals surface area contributed by atoms with Crippen molar-refractivity contribution < 1.29 is 9.32 Å². The van der Waals surface area contributed by atoms with Crippen molar-refractivity contribution in [3.8, 4) is 0 Å². The van der Waals surface area contributed by atoms with Crippen LogP contribution >= 0.6 is 0 Å². The maximum Gasteiger partial charge on any atom is 0.317 e. The number of nitrogens with zero attached hydrogens (tertiary/aromatic N) is 3. The van der Waals surface area contributed by atoms with Crippen LogP contribution in [0.1, 0.15) is 63.6 Å². The smallest absolute Gasteiger partial charge is 0.317 e. The van der Waals surface area contributed by atoms with Gasteiger partial charge in [-0.15, -0.1) is 0 Å². The molecule has 2 amide bonds. The van der Waals surface area contributed by atoms with Crippen LogP contribution in [0.25, 0.3) is 0 Å². The minimum absolute atomic E-state index is 0.117. The van der Waals surface area contributed by atoms with Crippen molar-refractivity contribution in [3.63, 3.8) is 0 Å². The summed E-state index contributed by atoms with van der Waals surface area (Å²) < 4.78 is 5.03. The molecule has 1 saturated carbocycles. The number of aromatic nitrogens is 2. The van der Waals surface area contributed by atoms with Crippen molar-refractivity contribution in [1.29, 1.82) is 0 Å². The molecule has 2 heterocycles. The van der Waals surface area contributed by atoms with E-state index < -0.39 is 0 Å². The number of likely N-dealkylation sites (tertiary alicyclic amines) is 1. The number of aryl methyl sites for hydroxylation is 1. The number of amides is 2. The standard InChI is InChI=1S/C18H30N4O2/c1-3-7-18(8-4-9-18)13-19-17(23)22-10-5-15(6-11-22)12-16-20-14(2)24-21-16/h15H,3-13H2,1-2H3,(H,19,23). The number of hydrogen-bond donors (Lipinski definition) is 1. The molecule has 1 aliphatic carbocycles. The van der Waals surface area contributed by atoms with Gasteiger partial charge in [-0.3, -0.25) is 0 Å². The lowest BCUT2D eigenvalue weighted by atomic mass is 9.66. The van der Waals surface area contributed by atoms with E-state index in [0.29, 0.717) is 17.2 Å². The molecule has 1 aliphatic heterocycles. The Balaban J connectivity index is 1.40. The zero-order valence-corrected chi connectivity index (χ0v) is 15.0. The number of urea groups is 1. The van der Waals surface area contributed by atoms with Crippen LogP contribution in [0.3, 0.4) is 0 Å². The van der Waals surface area contributed by atoms with Gasteiger partial charge in [0, 0.05) is 33.0 Å². The molecular weight excluding hydrogens is 304 g/mol. The van der Waals surface area contributed by atoms with Gasteiger partial charge in [-0.2, -0.15) is 4.98 Å². The minimum Gasteiger partial charge on any atom is -0.340 e. The highest BCUT2D eigenvalue weighted by molar-refractivity contribution is 5.74. The molecule has 6 nitrogen and oxygen atoms in total. The number of hydrogen-bond acceptors (Lipinski definition) is 4. The normalized spacial score (nSPS) is 20.7. The topological polar surface area (TPSA) is 71.3 Å². The number of nitrogens with one attached hydrogen (secondary N) is 1. The summed E-state index contributed by atoms with van der Waals surface area (Å²) in [7, 11) is 0. The number of carbonyl (C=O) groups excluding carboxylic acids is 1. The number of carbonyl (C=O) groups is 1. The summed E-state index contributed by atoms with van der Waals surface area (Å²) in [4.78, 5) is 18.7. The molecule has 2 fully saturated rings. The Kier molecular flexibility index (Phi) is 5.41. The highest BCUT2D eigenvalue weighted by Gasteiger charge is 2.36. The molecule has 0 aromatic carbocycles.